The molecule has 4 rings (SSSR count). The molecule has 8 nitrogen and oxygen atoms in total. The quantitative estimate of drug-likeness (QED) is 0.509. The fourth-order valence-electron chi connectivity index (χ4n) is 5.77. The number of rotatable bonds is 3. The minimum Gasteiger partial charge on any atom is -0.465 e. The number of hydrogen-bond donors (Lipinski definition) is 1. The average molecular weight is 461 g/mol. The van der Waals surface area contributed by atoms with Gasteiger partial charge in [0.1, 0.15) is 17.6 Å². The van der Waals surface area contributed by atoms with Crippen molar-refractivity contribution in [3.8, 4) is 0 Å². The molecule has 0 aromatic heterocycles. The predicted molar refractivity (Wildman–Crippen MR) is 121 cm³/mol. The van der Waals surface area contributed by atoms with E-state index in [2.05, 4.69) is 0 Å². The maximum absolute atomic E-state index is 14.1. The van der Waals surface area contributed by atoms with Crippen LogP contribution >= 0.6 is 0 Å². The molecule has 0 aromatic carbocycles. The van der Waals surface area contributed by atoms with Crippen LogP contribution in [-0.2, 0) is 23.9 Å². The van der Waals surface area contributed by atoms with E-state index in [1.54, 1.807) is 4.90 Å². The Hall–Kier alpha value is -2.19. The van der Waals surface area contributed by atoms with Gasteiger partial charge in [-0.3, -0.25) is 14.4 Å². The van der Waals surface area contributed by atoms with E-state index in [1.807, 2.05) is 58.9 Å². The summed E-state index contributed by atoms with van der Waals surface area (Å²) >= 11 is 0. The SMILES string of the molecule is CC(C)[C@H](CO)N1C(=O)[C@@H]2[C@H]3C(=O)OCCC/C=C\[C@H]3O[C@@]23C=CCN(C(C)(C)C)C(=O)C13. The smallest absolute Gasteiger partial charge is 0.312 e. The molecule has 2 amide bonds. The molecule has 8 heteroatoms. The second-order valence-electron chi connectivity index (χ2n) is 10.8. The van der Waals surface area contributed by atoms with Crippen molar-refractivity contribution in [1.29, 1.82) is 0 Å². The minimum absolute atomic E-state index is 0.0962. The first-order valence-electron chi connectivity index (χ1n) is 12.0. The summed E-state index contributed by atoms with van der Waals surface area (Å²) < 4.78 is 12.1. The number of aliphatic hydroxyl groups is 1. The molecule has 1 unspecified atom stereocenters. The summed E-state index contributed by atoms with van der Waals surface area (Å²) in [6.45, 7) is 10.1. The lowest BCUT2D eigenvalue weighted by Gasteiger charge is -2.42. The first kappa shape index (κ1) is 24.0. The number of nitrogens with zero attached hydrogens (tertiary/aromatic N) is 2. The Bertz CT molecular complexity index is 875. The number of carbonyl (C=O) groups excluding carboxylic acids is 3. The minimum atomic E-state index is -1.30. The number of aliphatic hydroxyl groups excluding tert-OH is 1. The number of ether oxygens (including phenoxy) is 2. The highest BCUT2D eigenvalue weighted by atomic mass is 16.6. The third-order valence-electron chi connectivity index (χ3n) is 7.41. The van der Waals surface area contributed by atoms with Gasteiger partial charge in [0.25, 0.3) is 0 Å². The normalized spacial score (nSPS) is 36.4. The molecule has 2 saturated heterocycles. The second-order valence-corrected chi connectivity index (χ2v) is 10.8. The maximum Gasteiger partial charge on any atom is 0.312 e. The number of cyclic esters (lactones) is 1. The van der Waals surface area contributed by atoms with Gasteiger partial charge in [0.2, 0.25) is 11.8 Å². The molecule has 0 bridgehead atoms. The van der Waals surface area contributed by atoms with Crippen LogP contribution in [0, 0.1) is 17.8 Å². The van der Waals surface area contributed by atoms with E-state index in [0.29, 0.717) is 13.0 Å². The molecule has 0 aromatic rings. The van der Waals surface area contributed by atoms with Crippen LogP contribution in [0.15, 0.2) is 24.3 Å². The summed E-state index contributed by atoms with van der Waals surface area (Å²) in [5, 5.41) is 10.2. The van der Waals surface area contributed by atoms with Gasteiger partial charge in [-0.05, 0) is 39.5 Å². The van der Waals surface area contributed by atoms with Gasteiger partial charge in [-0.15, -0.1) is 0 Å². The zero-order valence-electron chi connectivity index (χ0n) is 20.2. The van der Waals surface area contributed by atoms with Crippen molar-refractivity contribution in [1.82, 2.24) is 9.80 Å². The first-order chi connectivity index (χ1) is 15.5. The number of amides is 2. The molecule has 6 atom stereocenters. The van der Waals surface area contributed by atoms with Crippen LogP contribution in [0.1, 0.15) is 47.5 Å². The van der Waals surface area contributed by atoms with Crippen molar-refractivity contribution in [3.05, 3.63) is 24.3 Å². The van der Waals surface area contributed by atoms with Crippen molar-refractivity contribution in [2.24, 2.45) is 17.8 Å². The van der Waals surface area contributed by atoms with E-state index < -0.39 is 47.1 Å². The van der Waals surface area contributed by atoms with Gasteiger partial charge in [-0.1, -0.05) is 38.2 Å². The van der Waals surface area contributed by atoms with Crippen LogP contribution in [0.4, 0.5) is 0 Å². The molecule has 0 radical (unpaired) electrons. The molecule has 4 aliphatic rings. The lowest BCUT2D eigenvalue weighted by molar-refractivity contribution is -0.158. The van der Waals surface area contributed by atoms with Crippen LogP contribution in [0.25, 0.3) is 0 Å². The lowest BCUT2D eigenvalue weighted by atomic mass is 9.78. The number of carbonyl (C=O) groups is 3. The molecule has 1 N–H and O–H groups in total. The van der Waals surface area contributed by atoms with Gasteiger partial charge >= 0.3 is 5.97 Å². The summed E-state index contributed by atoms with van der Waals surface area (Å²) in [5.74, 6) is -2.86. The number of likely N-dealkylation sites (tertiary alicyclic amines) is 1. The number of fused-ring (bicyclic) bond motifs is 2. The third-order valence-corrected chi connectivity index (χ3v) is 7.41. The Morgan fingerprint density at radius 1 is 1.18 bits per heavy atom. The highest BCUT2D eigenvalue weighted by molar-refractivity contribution is 5.99. The number of allylic oxidation sites excluding steroid dienone is 1. The van der Waals surface area contributed by atoms with Crippen LogP contribution < -0.4 is 0 Å². The van der Waals surface area contributed by atoms with Gasteiger partial charge in [0.05, 0.1) is 31.3 Å². The topological polar surface area (TPSA) is 96.4 Å². The maximum atomic E-state index is 14.1. The lowest BCUT2D eigenvalue weighted by Crippen LogP contribution is -2.61. The Kier molecular flexibility index (Phi) is 6.20. The van der Waals surface area contributed by atoms with Crippen LogP contribution in [-0.4, -0.2) is 81.8 Å². The van der Waals surface area contributed by atoms with Crippen LogP contribution in [0.2, 0.25) is 0 Å². The van der Waals surface area contributed by atoms with E-state index in [9.17, 15) is 19.5 Å². The highest BCUT2D eigenvalue weighted by Crippen LogP contribution is 2.54. The highest BCUT2D eigenvalue weighted by Gasteiger charge is 2.72. The predicted octanol–water partition coefficient (Wildman–Crippen LogP) is 1.67. The molecule has 0 saturated carbocycles. The van der Waals surface area contributed by atoms with Crippen molar-refractivity contribution in [3.63, 3.8) is 0 Å². The largest absolute Gasteiger partial charge is 0.465 e. The first-order valence-corrected chi connectivity index (χ1v) is 12.0. The Labute approximate surface area is 195 Å². The summed E-state index contributed by atoms with van der Waals surface area (Å²) in [4.78, 5) is 44.5. The second kappa shape index (κ2) is 8.55. The molecule has 182 valence electrons. The summed E-state index contributed by atoms with van der Waals surface area (Å²) in [7, 11) is 0. The Morgan fingerprint density at radius 2 is 1.91 bits per heavy atom. The van der Waals surface area contributed by atoms with E-state index in [1.165, 1.54) is 4.90 Å². The molecule has 33 heavy (non-hydrogen) atoms. The zero-order chi connectivity index (χ0) is 24.1. The van der Waals surface area contributed by atoms with E-state index in [4.69, 9.17) is 9.47 Å². The van der Waals surface area contributed by atoms with Crippen LogP contribution in [0.5, 0.6) is 0 Å². The Morgan fingerprint density at radius 3 is 2.55 bits per heavy atom. The van der Waals surface area contributed by atoms with Crippen LogP contribution in [0.3, 0.4) is 0 Å². The van der Waals surface area contributed by atoms with E-state index in [0.717, 1.165) is 6.42 Å². The van der Waals surface area contributed by atoms with Gasteiger partial charge < -0.3 is 24.4 Å². The van der Waals surface area contributed by atoms with Gasteiger partial charge in [-0.25, -0.2) is 0 Å². The molecule has 1 spiro atoms. The number of esters is 1. The molecule has 2 fully saturated rings. The van der Waals surface area contributed by atoms with Crippen molar-refractivity contribution < 1.29 is 29.0 Å². The fourth-order valence-corrected chi connectivity index (χ4v) is 5.77. The van der Waals surface area contributed by atoms with E-state index >= 15 is 0 Å². The molecule has 0 aliphatic carbocycles. The monoisotopic (exact) mass is 460 g/mol. The van der Waals surface area contributed by atoms with Crippen molar-refractivity contribution in [2.75, 3.05) is 19.8 Å². The third kappa shape index (κ3) is 3.71. The average Bonchev–Trinajstić information content (AvgIpc) is 3.13. The molecular weight excluding hydrogens is 424 g/mol. The molecular formula is C25H36N2O6. The summed E-state index contributed by atoms with van der Waals surface area (Å²) in [6.07, 6.45) is 8.29. The summed E-state index contributed by atoms with van der Waals surface area (Å²) in [6, 6.07) is -1.55. The molecule has 4 aliphatic heterocycles. The van der Waals surface area contributed by atoms with Crippen molar-refractivity contribution in [2.45, 2.75) is 76.8 Å². The van der Waals surface area contributed by atoms with Gasteiger partial charge in [-0.2, -0.15) is 0 Å². The molecule has 4 heterocycles. The van der Waals surface area contributed by atoms with Gasteiger partial charge in [0.15, 0.2) is 0 Å². The van der Waals surface area contributed by atoms with Gasteiger partial charge in [0, 0.05) is 12.1 Å². The Balaban J connectivity index is 1.89. The fraction of sp³-hybridized carbons (Fsp3) is 0.720. The van der Waals surface area contributed by atoms with E-state index in [-0.39, 0.29) is 30.9 Å². The standard InChI is InChI=1S/C25H36N2O6/c1-15(2)16(14-28)27-20-22(30)26(24(3,4)5)12-9-11-25(20)19(21(27)29)18-17(33-25)10-7-6-8-13-32-23(18)31/h7,9-11,15-20,28H,6,8,12-14H2,1-5H3/b10-7-/t16-,17+,18-,19-,20?,25-/m0/s1. The number of hydrogen-bond acceptors (Lipinski definition) is 6. The van der Waals surface area contributed by atoms with Crippen molar-refractivity contribution >= 4 is 17.8 Å². The zero-order valence-corrected chi connectivity index (χ0v) is 20.2. The summed E-state index contributed by atoms with van der Waals surface area (Å²) in [5.41, 5.74) is -1.78.